The Morgan fingerprint density at radius 1 is 1.08 bits per heavy atom. The molecule has 0 fully saturated rings. The van der Waals surface area contributed by atoms with Gasteiger partial charge in [-0.3, -0.25) is 14.9 Å². The van der Waals surface area contributed by atoms with Gasteiger partial charge in [0.05, 0.1) is 15.5 Å². The second kappa shape index (κ2) is 6.02. The number of hydrogen-bond donors (Lipinski definition) is 1. The van der Waals surface area contributed by atoms with Crippen molar-refractivity contribution in [2.24, 2.45) is 0 Å². The van der Waals surface area contributed by atoms with Gasteiger partial charge in [-0.2, -0.15) is 26.3 Å². The lowest BCUT2D eigenvalue weighted by Gasteiger charge is -2.12. The van der Waals surface area contributed by atoms with E-state index in [9.17, 15) is 41.3 Å². The molecule has 0 bridgehead atoms. The van der Waals surface area contributed by atoms with Crippen molar-refractivity contribution in [3.63, 3.8) is 0 Å². The summed E-state index contributed by atoms with van der Waals surface area (Å²) < 4.78 is 76.3. The van der Waals surface area contributed by atoms with Crippen LogP contribution in [0.4, 0.5) is 32.0 Å². The van der Waals surface area contributed by atoms with E-state index in [1.54, 1.807) is 4.98 Å². The standard InChI is InChI=1S/C12H4ClF6N3O3/c13-5-1-4(11(14,15)16)2-6(22(24)25)9(5)10-20-7(12(17,18)19)3-8(23)21-10/h1-3H,(H,20,21,23). The van der Waals surface area contributed by atoms with Gasteiger partial charge in [0, 0.05) is 12.1 Å². The van der Waals surface area contributed by atoms with Gasteiger partial charge in [-0.1, -0.05) is 11.6 Å². The highest BCUT2D eigenvalue weighted by atomic mass is 35.5. The number of rotatable bonds is 2. The first-order valence-corrected chi connectivity index (χ1v) is 6.42. The lowest BCUT2D eigenvalue weighted by molar-refractivity contribution is -0.384. The van der Waals surface area contributed by atoms with Gasteiger partial charge < -0.3 is 4.98 Å². The molecule has 0 saturated heterocycles. The molecule has 1 N–H and O–H groups in total. The highest BCUT2D eigenvalue weighted by Crippen LogP contribution is 2.41. The third kappa shape index (κ3) is 3.90. The van der Waals surface area contributed by atoms with Gasteiger partial charge in [0.2, 0.25) is 0 Å². The first-order chi connectivity index (χ1) is 11.3. The highest BCUT2D eigenvalue weighted by molar-refractivity contribution is 6.33. The molecule has 25 heavy (non-hydrogen) atoms. The van der Waals surface area contributed by atoms with Crippen molar-refractivity contribution in [3.8, 4) is 11.4 Å². The van der Waals surface area contributed by atoms with E-state index < -0.39 is 56.2 Å². The summed E-state index contributed by atoms with van der Waals surface area (Å²) >= 11 is 5.59. The summed E-state index contributed by atoms with van der Waals surface area (Å²) in [6.45, 7) is 0. The van der Waals surface area contributed by atoms with E-state index in [1.165, 1.54) is 0 Å². The van der Waals surface area contributed by atoms with Gasteiger partial charge in [-0.05, 0) is 6.07 Å². The van der Waals surface area contributed by atoms with Crippen LogP contribution in [0.2, 0.25) is 5.02 Å². The van der Waals surface area contributed by atoms with Crippen LogP contribution < -0.4 is 5.56 Å². The second-order valence-corrected chi connectivity index (χ2v) is 4.99. The zero-order valence-corrected chi connectivity index (χ0v) is 12.3. The van der Waals surface area contributed by atoms with Crippen LogP contribution in [-0.2, 0) is 12.4 Å². The van der Waals surface area contributed by atoms with E-state index in [1.807, 2.05) is 0 Å². The van der Waals surface area contributed by atoms with Crippen LogP contribution in [0.15, 0.2) is 23.0 Å². The molecule has 0 radical (unpaired) electrons. The molecule has 2 rings (SSSR count). The molecule has 0 amide bonds. The third-order valence-electron chi connectivity index (χ3n) is 2.86. The fourth-order valence-electron chi connectivity index (χ4n) is 1.86. The zero-order valence-electron chi connectivity index (χ0n) is 11.5. The lowest BCUT2D eigenvalue weighted by Crippen LogP contribution is -2.17. The van der Waals surface area contributed by atoms with E-state index in [4.69, 9.17) is 11.6 Å². The number of halogens is 7. The number of aromatic amines is 1. The Morgan fingerprint density at radius 3 is 2.16 bits per heavy atom. The van der Waals surface area contributed by atoms with Crippen LogP contribution in [0.5, 0.6) is 0 Å². The number of hydrogen-bond acceptors (Lipinski definition) is 4. The first-order valence-electron chi connectivity index (χ1n) is 6.05. The number of aromatic nitrogens is 2. The average Bonchev–Trinajstić information content (AvgIpc) is 2.43. The molecule has 1 aromatic carbocycles. The van der Waals surface area contributed by atoms with E-state index in [2.05, 4.69) is 4.98 Å². The molecule has 0 aliphatic rings. The van der Waals surface area contributed by atoms with Crippen LogP contribution in [0.25, 0.3) is 11.4 Å². The summed E-state index contributed by atoms with van der Waals surface area (Å²) in [4.78, 5) is 25.9. The summed E-state index contributed by atoms with van der Waals surface area (Å²) in [6.07, 6.45) is -10.0. The van der Waals surface area contributed by atoms with Crippen molar-refractivity contribution in [2.45, 2.75) is 12.4 Å². The Balaban J connectivity index is 2.82. The van der Waals surface area contributed by atoms with E-state index in [0.717, 1.165) is 0 Å². The summed E-state index contributed by atoms with van der Waals surface area (Å²) in [5, 5.41) is 10.1. The molecule has 1 aromatic heterocycles. The lowest BCUT2D eigenvalue weighted by atomic mass is 10.1. The predicted octanol–water partition coefficient (Wildman–Crippen LogP) is 4.04. The van der Waals surface area contributed by atoms with Gasteiger partial charge in [-0.25, -0.2) is 4.98 Å². The molecule has 0 unspecified atom stereocenters. The van der Waals surface area contributed by atoms with Crippen molar-refractivity contribution >= 4 is 17.3 Å². The summed E-state index contributed by atoms with van der Waals surface area (Å²) in [5.74, 6) is -0.981. The SMILES string of the molecule is O=c1cc(C(F)(F)F)nc(-c2c(Cl)cc(C(F)(F)F)cc2[N+](=O)[O-])[nH]1. The Morgan fingerprint density at radius 2 is 1.68 bits per heavy atom. The molecular weight excluding hydrogens is 384 g/mol. The van der Waals surface area contributed by atoms with Gasteiger partial charge in [0.15, 0.2) is 5.69 Å². The minimum absolute atomic E-state index is 0.0848. The van der Waals surface area contributed by atoms with E-state index in [-0.39, 0.29) is 18.2 Å². The smallest absolute Gasteiger partial charge is 0.306 e. The van der Waals surface area contributed by atoms with Crippen LogP contribution in [0.1, 0.15) is 11.3 Å². The van der Waals surface area contributed by atoms with Gasteiger partial charge in [-0.15, -0.1) is 0 Å². The van der Waals surface area contributed by atoms with Crippen LogP contribution in [0.3, 0.4) is 0 Å². The molecule has 134 valence electrons. The molecule has 13 heteroatoms. The number of H-pyrrole nitrogens is 1. The zero-order chi connectivity index (χ0) is 19.2. The second-order valence-electron chi connectivity index (χ2n) is 4.58. The first kappa shape index (κ1) is 18.7. The molecule has 0 aliphatic carbocycles. The molecule has 6 nitrogen and oxygen atoms in total. The maximum atomic E-state index is 12.7. The van der Waals surface area contributed by atoms with Crippen molar-refractivity contribution in [2.75, 3.05) is 0 Å². The molecule has 0 aliphatic heterocycles. The van der Waals surface area contributed by atoms with Crippen molar-refractivity contribution < 1.29 is 31.3 Å². The Labute approximate surface area is 138 Å². The summed E-state index contributed by atoms with van der Waals surface area (Å²) in [6, 6.07) is 0.457. The number of nitrogens with one attached hydrogen (secondary N) is 1. The van der Waals surface area contributed by atoms with E-state index >= 15 is 0 Å². The van der Waals surface area contributed by atoms with Crippen LogP contribution in [-0.4, -0.2) is 14.9 Å². The van der Waals surface area contributed by atoms with Gasteiger partial charge >= 0.3 is 12.4 Å². The molecule has 0 saturated carbocycles. The number of nitrogens with zero attached hydrogens (tertiary/aromatic N) is 2. The number of nitro groups is 1. The van der Waals surface area contributed by atoms with Crippen LogP contribution in [0, 0.1) is 10.1 Å². The highest BCUT2D eigenvalue weighted by Gasteiger charge is 2.37. The minimum atomic E-state index is -5.06. The number of nitro benzene ring substituents is 1. The molecule has 2 aromatic rings. The van der Waals surface area contributed by atoms with Crippen molar-refractivity contribution in [1.82, 2.24) is 9.97 Å². The summed E-state index contributed by atoms with van der Waals surface area (Å²) in [7, 11) is 0. The normalized spacial score (nSPS) is 12.3. The maximum Gasteiger partial charge on any atom is 0.433 e. The Hall–Kier alpha value is -2.63. The van der Waals surface area contributed by atoms with Crippen molar-refractivity contribution in [1.29, 1.82) is 0 Å². The van der Waals surface area contributed by atoms with Crippen LogP contribution >= 0.6 is 11.6 Å². The topological polar surface area (TPSA) is 88.9 Å². The molecule has 0 atom stereocenters. The third-order valence-corrected chi connectivity index (χ3v) is 3.16. The predicted molar refractivity (Wildman–Crippen MR) is 72.0 cm³/mol. The van der Waals surface area contributed by atoms with Gasteiger partial charge in [0.25, 0.3) is 11.2 Å². The van der Waals surface area contributed by atoms with E-state index in [0.29, 0.717) is 0 Å². The average molecular weight is 388 g/mol. The van der Waals surface area contributed by atoms with Gasteiger partial charge in [0.1, 0.15) is 11.4 Å². The quantitative estimate of drug-likeness (QED) is 0.478. The monoisotopic (exact) mass is 387 g/mol. The molecule has 1 heterocycles. The molecular formula is C12H4ClF6N3O3. The number of alkyl halides is 6. The fraction of sp³-hybridized carbons (Fsp3) is 0.167. The van der Waals surface area contributed by atoms with Crippen molar-refractivity contribution in [3.05, 3.63) is 54.9 Å². The Bertz CT molecular complexity index is 906. The maximum absolute atomic E-state index is 12.7. The largest absolute Gasteiger partial charge is 0.433 e. The summed E-state index contributed by atoms with van der Waals surface area (Å²) in [5.41, 5.74) is -6.62. The number of benzene rings is 1. The Kier molecular flexibility index (Phi) is 4.51. The molecule has 0 spiro atoms. The fourth-order valence-corrected chi connectivity index (χ4v) is 2.16. The minimum Gasteiger partial charge on any atom is -0.306 e.